The lowest BCUT2D eigenvalue weighted by molar-refractivity contribution is -0.154. The van der Waals surface area contributed by atoms with Crippen molar-refractivity contribution < 1.29 is 32.2 Å². The molecule has 0 radical (unpaired) electrons. The van der Waals surface area contributed by atoms with E-state index in [1.165, 1.54) is 23.1 Å². The molecule has 0 bridgehead atoms. The van der Waals surface area contributed by atoms with Crippen LogP contribution >= 0.6 is 11.6 Å². The number of benzene rings is 3. The molecule has 1 amide bonds. The molecular formula is C40H40ClF3N8O6. The maximum atomic E-state index is 15.3. The van der Waals surface area contributed by atoms with Crippen LogP contribution in [-0.2, 0) is 40.8 Å². The number of alkyl carbamates (subject to hydrolysis) is 1. The van der Waals surface area contributed by atoms with Gasteiger partial charge < -0.3 is 20.1 Å². The highest BCUT2D eigenvalue weighted by Gasteiger charge is 2.25. The molecule has 3 heterocycles. The third kappa shape index (κ3) is 9.15. The van der Waals surface area contributed by atoms with Gasteiger partial charge >= 0.3 is 23.4 Å². The summed E-state index contributed by atoms with van der Waals surface area (Å²) in [5, 5.41) is 11.5. The van der Waals surface area contributed by atoms with Crippen LogP contribution in [0, 0.1) is 17.5 Å². The van der Waals surface area contributed by atoms with Crippen LogP contribution in [0.15, 0.2) is 64.6 Å². The molecule has 6 aromatic rings. The van der Waals surface area contributed by atoms with Gasteiger partial charge in [0.05, 0.1) is 34.7 Å². The number of hydrogen-bond acceptors (Lipinski definition) is 10. The maximum absolute atomic E-state index is 15.3. The van der Waals surface area contributed by atoms with Crippen LogP contribution in [0.2, 0.25) is 5.02 Å². The monoisotopic (exact) mass is 820 g/mol. The van der Waals surface area contributed by atoms with Crippen LogP contribution < -0.4 is 22.0 Å². The van der Waals surface area contributed by atoms with E-state index in [2.05, 4.69) is 25.7 Å². The Hall–Kier alpha value is -6.23. The van der Waals surface area contributed by atoms with Crippen LogP contribution in [0.25, 0.3) is 27.4 Å². The van der Waals surface area contributed by atoms with E-state index in [1.807, 2.05) is 0 Å². The quantitative estimate of drug-likeness (QED) is 0.109. The number of amides is 1. The number of carbonyl (C=O) groups is 2. The number of aryl methyl sites for hydroxylation is 2. The van der Waals surface area contributed by atoms with E-state index >= 15 is 4.39 Å². The van der Waals surface area contributed by atoms with Gasteiger partial charge in [0.2, 0.25) is 5.95 Å². The molecular weight excluding hydrogens is 781 g/mol. The molecule has 304 valence electrons. The fourth-order valence-corrected chi connectivity index (χ4v) is 6.58. The SMILES string of the molecule is Cn1cc2c(CNC(=O)OC(C)(C)C)c(Nc3nc(=O)n(-c4cncc5cccc(CCC(=O)OC(C)(C)C)c45)c(=O)n3Cc3cc(F)c(F)cc3F)c(Cl)cc2n1. The summed E-state index contributed by atoms with van der Waals surface area (Å²) < 4.78 is 57.8. The van der Waals surface area contributed by atoms with Crippen LogP contribution in [-0.4, -0.2) is 52.1 Å². The van der Waals surface area contributed by atoms with Gasteiger partial charge in [-0.3, -0.25) is 19.0 Å². The maximum Gasteiger partial charge on any atom is 0.407 e. The van der Waals surface area contributed by atoms with E-state index in [-0.39, 0.29) is 35.8 Å². The smallest absolute Gasteiger partial charge is 0.407 e. The predicted molar refractivity (Wildman–Crippen MR) is 211 cm³/mol. The number of ether oxygens (including phenoxy) is 2. The number of anilines is 2. The average Bonchev–Trinajstić information content (AvgIpc) is 3.48. The molecule has 0 fully saturated rings. The molecule has 2 N–H and O–H groups in total. The molecule has 3 aromatic heterocycles. The van der Waals surface area contributed by atoms with Gasteiger partial charge in [-0.2, -0.15) is 10.1 Å². The zero-order chi connectivity index (χ0) is 42.3. The number of hydrogen-bond donors (Lipinski definition) is 2. The Balaban J connectivity index is 1.53. The summed E-state index contributed by atoms with van der Waals surface area (Å²) in [4.78, 5) is 62.7. The molecule has 0 saturated heterocycles. The van der Waals surface area contributed by atoms with Crippen molar-refractivity contribution in [1.82, 2.24) is 34.2 Å². The van der Waals surface area contributed by atoms with Crippen LogP contribution in [0.4, 0.5) is 29.6 Å². The Labute approximate surface area is 334 Å². The lowest BCUT2D eigenvalue weighted by atomic mass is 10.0. The molecule has 0 unspecified atom stereocenters. The van der Waals surface area contributed by atoms with Gasteiger partial charge in [0.25, 0.3) is 0 Å². The first-order valence-electron chi connectivity index (χ1n) is 18.0. The minimum Gasteiger partial charge on any atom is -0.460 e. The molecule has 0 aliphatic heterocycles. The van der Waals surface area contributed by atoms with Crippen molar-refractivity contribution in [3.05, 3.63) is 115 Å². The molecule has 58 heavy (non-hydrogen) atoms. The predicted octanol–water partition coefficient (Wildman–Crippen LogP) is 6.99. The lowest BCUT2D eigenvalue weighted by Gasteiger charge is -2.21. The Morgan fingerprint density at radius 3 is 2.33 bits per heavy atom. The van der Waals surface area contributed by atoms with Crippen LogP contribution in [0.3, 0.4) is 0 Å². The summed E-state index contributed by atoms with van der Waals surface area (Å²) >= 11 is 6.80. The highest BCUT2D eigenvalue weighted by molar-refractivity contribution is 6.34. The lowest BCUT2D eigenvalue weighted by Crippen LogP contribution is -2.42. The van der Waals surface area contributed by atoms with Gasteiger partial charge in [0, 0.05) is 65.8 Å². The molecule has 18 heteroatoms. The van der Waals surface area contributed by atoms with Crippen molar-refractivity contribution in [1.29, 1.82) is 0 Å². The number of nitrogens with one attached hydrogen (secondary N) is 2. The van der Waals surface area contributed by atoms with E-state index in [9.17, 15) is 28.0 Å². The topological polar surface area (TPSA) is 164 Å². The summed E-state index contributed by atoms with van der Waals surface area (Å²) in [6, 6.07) is 7.60. The van der Waals surface area contributed by atoms with Gasteiger partial charge in [0.1, 0.15) is 17.0 Å². The summed E-state index contributed by atoms with van der Waals surface area (Å²) in [6.07, 6.45) is 3.83. The number of carbonyl (C=O) groups excluding carboxylic acids is 2. The highest BCUT2D eigenvalue weighted by atomic mass is 35.5. The zero-order valence-electron chi connectivity index (χ0n) is 32.7. The highest BCUT2D eigenvalue weighted by Crippen LogP contribution is 2.35. The number of halogens is 4. The Bertz CT molecular complexity index is 2710. The largest absolute Gasteiger partial charge is 0.460 e. The van der Waals surface area contributed by atoms with Crippen molar-refractivity contribution in [2.45, 2.75) is 78.7 Å². The van der Waals surface area contributed by atoms with Crippen molar-refractivity contribution in [2.75, 3.05) is 5.32 Å². The molecule has 0 aliphatic rings. The Kier molecular flexibility index (Phi) is 11.4. The summed E-state index contributed by atoms with van der Waals surface area (Å²) in [5.41, 5.74) is -2.74. The standard InChI is InChI=1S/C40H40ClF3N8O6/c1-39(2,3)57-32(53)12-11-21-9-8-10-22-16-45-18-31(33(21)22)52-36(54)48-35(51(38(52)56)19-23-13-28(43)29(44)15-27(23)42)47-34-24(17-46-37(55)58-40(4,5)6)25-20-50(7)49-30(25)14-26(34)41/h8-10,13-16,18,20H,11-12,17,19H2,1-7H3,(H,46,55)(H,47,48,54). The summed E-state index contributed by atoms with van der Waals surface area (Å²) in [7, 11) is 1.67. The van der Waals surface area contributed by atoms with Crippen molar-refractivity contribution in [3.63, 3.8) is 0 Å². The molecule has 0 saturated carbocycles. The third-order valence-corrected chi connectivity index (χ3v) is 8.93. The van der Waals surface area contributed by atoms with Crippen LogP contribution in [0.5, 0.6) is 0 Å². The number of esters is 1. The van der Waals surface area contributed by atoms with Gasteiger partial charge in [-0.25, -0.2) is 32.1 Å². The van der Waals surface area contributed by atoms with Crippen LogP contribution in [0.1, 0.15) is 64.7 Å². The summed E-state index contributed by atoms with van der Waals surface area (Å²) in [6.45, 7) is 9.38. The first kappa shape index (κ1) is 41.4. The molecule has 14 nitrogen and oxygen atoms in total. The average molecular weight is 821 g/mol. The molecule has 6 rings (SSSR count). The molecule has 0 atom stereocenters. The first-order chi connectivity index (χ1) is 27.2. The van der Waals surface area contributed by atoms with Crippen molar-refractivity contribution >= 4 is 57.0 Å². The Morgan fingerprint density at radius 1 is 0.914 bits per heavy atom. The number of pyridine rings is 1. The van der Waals surface area contributed by atoms with Gasteiger partial charge in [-0.05, 0) is 65.7 Å². The third-order valence-electron chi connectivity index (χ3n) is 8.63. The molecule has 0 aliphatic carbocycles. The number of nitrogens with zero attached hydrogens (tertiary/aromatic N) is 6. The van der Waals surface area contributed by atoms with Crippen molar-refractivity contribution in [2.24, 2.45) is 7.05 Å². The zero-order valence-corrected chi connectivity index (χ0v) is 33.4. The van der Waals surface area contributed by atoms with Gasteiger partial charge in [0.15, 0.2) is 11.6 Å². The van der Waals surface area contributed by atoms with Gasteiger partial charge in [-0.1, -0.05) is 29.8 Å². The van der Waals surface area contributed by atoms with E-state index in [0.29, 0.717) is 49.5 Å². The fraction of sp³-hybridized carbons (Fsp3) is 0.325. The second-order valence-corrected chi connectivity index (χ2v) is 15.9. The van der Waals surface area contributed by atoms with Crippen molar-refractivity contribution in [3.8, 4) is 5.69 Å². The molecule has 3 aromatic carbocycles. The number of fused-ring (bicyclic) bond motifs is 2. The normalized spacial score (nSPS) is 11.9. The minimum absolute atomic E-state index is 0.0112. The number of aromatic nitrogens is 6. The van der Waals surface area contributed by atoms with E-state index in [0.717, 1.165) is 4.57 Å². The van der Waals surface area contributed by atoms with E-state index in [4.69, 9.17) is 21.1 Å². The molecule has 0 spiro atoms. The minimum atomic E-state index is -1.45. The van der Waals surface area contributed by atoms with E-state index in [1.54, 1.807) is 73.0 Å². The summed E-state index contributed by atoms with van der Waals surface area (Å²) in [5.74, 6) is -4.93. The second kappa shape index (κ2) is 16.0. The fourth-order valence-electron chi connectivity index (χ4n) is 6.31. The first-order valence-corrected chi connectivity index (χ1v) is 18.4. The van der Waals surface area contributed by atoms with E-state index < -0.39 is 70.2 Å². The number of rotatable bonds is 10. The second-order valence-electron chi connectivity index (χ2n) is 15.5. The Morgan fingerprint density at radius 2 is 1.62 bits per heavy atom. The van der Waals surface area contributed by atoms with Gasteiger partial charge in [-0.15, -0.1) is 0 Å².